The number of rotatable bonds is 2. The summed E-state index contributed by atoms with van der Waals surface area (Å²) in [7, 11) is 1.55. The second-order valence-corrected chi connectivity index (χ2v) is 2.16. The Hall–Kier alpha value is -1.58. The van der Waals surface area contributed by atoms with E-state index in [9.17, 15) is 4.91 Å². The molecular weight excluding hydrogens is 142 g/mol. The molecule has 4 nitrogen and oxygen atoms in total. The summed E-state index contributed by atoms with van der Waals surface area (Å²) in [4.78, 5) is 10.1. The van der Waals surface area contributed by atoms with Gasteiger partial charge in [-0.15, -0.1) is 4.91 Å². The van der Waals surface area contributed by atoms with Crippen LogP contribution in [-0.2, 0) is 0 Å². The SMILES string of the molecule is CN(N=O)c1ccccc1N. The van der Waals surface area contributed by atoms with Crippen LogP contribution in [0.15, 0.2) is 29.6 Å². The second kappa shape index (κ2) is 3.01. The molecule has 0 atom stereocenters. The molecule has 0 spiro atoms. The van der Waals surface area contributed by atoms with Crippen LogP contribution in [-0.4, -0.2) is 7.05 Å². The molecule has 0 radical (unpaired) electrons. The topological polar surface area (TPSA) is 58.7 Å². The van der Waals surface area contributed by atoms with E-state index in [1.165, 1.54) is 5.01 Å². The van der Waals surface area contributed by atoms with Crippen molar-refractivity contribution < 1.29 is 0 Å². The lowest BCUT2D eigenvalue weighted by molar-refractivity contribution is 1.01. The maximum atomic E-state index is 10.1. The van der Waals surface area contributed by atoms with Gasteiger partial charge in [0.15, 0.2) is 0 Å². The first-order chi connectivity index (χ1) is 5.25. The zero-order valence-electron chi connectivity index (χ0n) is 6.19. The van der Waals surface area contributed by atoms with Crippen LogP contribution < -0.4 is 10.7 Å². The number of nitrogens with two attached hydrogens (primary N) is 1. The fourth-order valence-electron chi connectivity index (χ4n) is 0.826. The minimum Gasteiger partial charge on any atom is -0.397 e. The Kier molecular flexibility index (Phi) is 2.06. The van der Waals surface area contributed by atoms with E-state index >= 15 is 0 Å². The first-order valence-electron chi connectivity index (χ1n) is 3.17. The predicted molar refractivity (Wildman–Crippen MR) is 45.1 cm³/mol. The Morgan fingerprint density at radius 3 is 2.64 bits per heavy atom. The maximum absolute atomic E-state index is 10.1. The Morgan fingerprint density at radius 1 is 1.45 bits per heavy atom. The molecule has 1 rings (SSSR count). The van der Waals surface area contributed by atoms with E-state index in [0.717, 1.165) is 0 Å². The standard InChI is InChI=1S/C7H9N3O/c1-10(9-11)7-5-3-2-4-6(7)8/h2-5H,8H2,1H3. The fraction of sp³-hybridized carbons (Fsp3) is 0.143. The van der Waals surface area contributed by atoms with Crippen molar-refractivity contribution in [2.75, 3.05) is 17.8 Å². The quantitative estimate of drug-likeness (QED) is 0.394. The molecule has 0 saturated carbocycles. The molecule has 0 aromatic heterocycles. The van der Waals surface area contributed by atoms with Crippen molar-refractivity contribution in [3.63, 3.8) is 0 Å². The van der Waals surface area contributed by atoms with Gasteiger partial charge in [0.25, 0.3) is 0 Å². The van der Waals surface area contributed by atoms with Crippen molar-refractivity contribution in [1.82, 2.24) is 0 Å². The van der Waals surface area contributed by atoms with Gasteiger partial charge in [-0.05, 0) is 12.1 Å². The highest BCUT2D eigenvalue weighted by Crippen LogP contribution is 2.20. The molecule has 11 heavy (non-hydrogen) atoms. The zero-order valence-corrected chi connectivity index (χ0v) is 6.19. The number of nitrogens with zero attached hydrogens (tertiary/aromatic N) is 2. The average Bonchev–Trinajstić information content (AvgIpc) is 2.04. The summed E-state index contributed by atoms with van der Waals surface area (Å²) in [6.07, 6.45) is 0. The van der Waals surface area contributed by atoms with Gasteiger partial charge in [-0.2, -0.15) is 0 Å². The third-order valence-electron chi connectivity index (χ3n) is 1.41. The summed E-state index contributed by atoms with van der Waals surface area (Å²) in [6, 6.07) is 7.05. The summed E-state index contributed by atoms with van der Waals surface area (Å²) >= 11 is 0. The number of hydrogen-bond donors (Lipinski definition) is 1. The minimum atomic E-state index is 0.551. The number of nitroso groups, excluding NO2 is 1. The van der Waals surface area contributed by atoms with E-state index in [-0.39, 0.29) is 0 Å². The molecule has 0 heterocycles. The molecule has 1 aromatic carbocycles. The summed E-state index contributed by atoms with van der Waals surface area (Å²) in [5.74, 6) is 0. The average molecular weight is 151 g/mol. The molecular formula is C7H9N3O. The number of anilines is 2. The second-order valence-electron chi connectivity index (χ2n) is 2.16. The van der Waals surface area contributed by atoms with Gasteiger partial charge in [0.1, 0.15) is 0 Å². The highest BCUT2D eigenvalue weighted by Gasteiger charge is 2.01. The van der Waals surface area contributed by atoms with Gasteiger partial charge in [0.2, 0.25) is 0 Å². The largest absolute Gasteiger partial charge is 0.397 e. The molecule has 0 aliphatic carbocycles. The molecule has 0 aliphatic rings. The normalized spacial score (nSPS) is 9.18. The molecule has 0 unspecified atom stereocenters. The van der Waals surface area contributed by atoms with Gasteiger partial charge in [0.05, 0.1) is 16.7 Å². The van der Waals surface area contributed by atoms with Crippen molar-refractivity contribution in [1.29, 1.82) is 0 Å². The van der Waals surface area contributed by atoms with Crippen LogP contribution in [0.25, 0.3) is 0 Å². The summed E-state index contributed by atoms with van der Waals surface area (Å²) < 4.78 is 0. The van der Waals surface area contributed by atoms with Crippen molar-refractivity contribution in [2.24, 2.45) is 5.29 Å². The maximum Gasteiger partial charge on any atom is 0.0852 e. The predicted octanol–water partition coefficient (Wildman–Crippen LogP) is 1.39. The van der Waals surface area contributed by atoms with E-state index in [1.807, 2.05) is 0 Å². The first-order valence-corrected chi connectivity index (χ1v) is 3.17. The smallest absolute Gasteiger partial charge is 0.0852 e. The van der Waals surface area contributed by atoms with Crippen LogP contribution in [0.2, 0.25) is 0 Å². The Balaban J connectivity index is 3.02. The first kappa shape index (κ1) is 7.53. The molecule has 0 amide bonds. The van der Waals surface area contributed by atoms with Crippen LogP contribution in [0.3, 0.4) is 0 Å². The van der Waals surface area contributed by atoms with E-state index in [0.29, 0.717) is 11.4 Å². The van der Waals surface area contributed by atoms with Gasteiger partial charge in [0, 0.05) is 7.05 Å². The van der Waals surface area contributed by atoms with E-state index in [2.05, 4.69) is 5.29 Å². The summed E-state index contributed by atoms with van der Waals surface area (Å²) in [5, 5.41) is 3.91. The number of benzene rings is 1. The monoisotopic (exact) mass is 151 g/mol. The molecule has 4 heteroatoms. The highest BCUT2D eigenvalue weighted by molar-refractivity contribution is 5.66. The van der Waals surface area contributed by atoms with Crippen molar-refractivity contribution in [2.45, 2.75) is 0 Å². The van der Waals surface area contributed by atoms with Gasteiger partial charge >= 0.3 is 0 Å². The Labute approximate surface area is 64.6 Å². The molecule has 0 aliphatic heterocycles. The van der Waals surface area contributed by atoms with Crippen LogP contribution in [0, 0.1) is 4.91 Å². The Morgan fingerprint density at radius 2 is 2.09 bits per heavy atom. The molecule has 0 fully saturated rings. The van der Waals surface area contributed by atoms with Crippen molar-refractivity contribution in [3.8, 4) is 0 Å². The highest BCUT2D eigenvalue weighted by atomic mass is 16.3. The molecule has 1 aromatic rings. The minimum absolute atomic E-state index is 0.551. The molecule has 0 saturated heterocycles. The van der Waals surface area contributed by atoms with Gasteiger partial charge in [-0.3, -0.25) is 0 Å². The van der Waals surface area contributed by atoms with Crippen molar-refractivity contribution >= 4 is 11.4 Å². The zero-order chi connectivity index (χ0) is 8.27. The summed E-state index contributed by atoms with van der Waals surface area (Å²) in [5.41, 5.74) is 6.73. The van der Waals surface area contributed by atoms with Crippen LogP contribution in [0.5, 0.6) is 0 Å². The van der Waals surface area contributed by atoms with Gasteiger partial charge in [-0.1, -0.05) is 12.1 Å². The summed E-state index contributed by atoms with van der Waals surface area (Å²) in [6.45, 7) is 0. The Bertz CT molecular complexity index is 262. The number of nitrogen functional groups attached to an aromatic ring is 1. The lowest BCUT2D eigenvalue weighted by Crippen LogP contribution is -2.08. The number of hydrogen-bond acceptors (Lipinski definition) is 3. The van der Waals surface area contributed by atoms with E-state index in [4.69, 9.17) is 5.73 Å². The van der Waals surface area contributed by atoms with E-state index < -0.39 is 0 Å². The van der Waals surface area contributed by atoms with Gasteiger partial charge < -0.3 is 5.73 Å². The third-order valence-corrected chi connectivity index (χ3v) is 1.41. The van der Waals surface area contributed by atoms with Crippen LogP contribution >= 0.6 is 0 Å². The third kappa shape index (κ3) is 1.46. The molecule has 2 N–H and O–H groups in total. The lowest BCUT2D eigenvalue weighted by atomic mass is 10.3. The molecule has 0 bridgehead atoms. The molecule has 58 valence electrons. The van der Waals surface area contributed by atoms with E-state index in [1.54, 1.807) is 31.3 Å². The van der Waals surface area contributed by atoms with Crippen LogP contribution in [0.1, 0.15) is 0 Å². The lowest BCUT2D eigenvalue weighted by Gasteiger charge is -2.09. The van der Waals surface area contributed by atoms with Crippen LogP contribution in [0.4, 0.5) is 11.4 Å². The van der Waals surface area contributed by atoms with Crippen molar-refractivity contribution in [3.05, 3.63) is 29.2 Å². The number of para-hydroxylation sites is 2. The van der Waals surface area contributed by atoms with Gasteiger partial charge in [-0.25, -0.2) is 5.01 Å². The fourth-order valence-corrected chi connectivity index (χ4v) is 0.826.